The number of carboxylic acids is 1. The molecule has 6 nitrogen and oxygen atoms in total. The highest BCUT2D eigenvalue weighted by Crippen LogP contribution is 2.20. The lowest BCUT2D eigenvalue weighted by molar-refractivity contribution is 0.0696. The number of hydrogen-bond acceptors (Lipinski definition) is 4. The minimum absolute atomic E-state index is 0.00323. The molecule has 8 heteroatoms. The number of aryl methyl sites for hydroxylation is 1. The molecule has 0 saturated heterocycles. The van der Waals surface area contributed by atoms with Crippen LogP contribution in [0.3, 0.4) is 0 Å². The number of nitrogens with zero attached hydrogens (tertiary/aromatic N) is 2. The average molecular weight is 423 g/mol. The Labute approximate surface area is 172 Å². The van der Waals surface area contributed by atoms with Crippen LogP contribution in [0.2, 0.25) is 25.7 Å². The number of hydrogen-bond donors (Lipinski definition) is 1. The summed E-state index contributed by atoms with van der Waals surface area (Å²) in [6, 6.07) is 4.66. The summed E-state index contributed by atoms with van der Waals surface area (Å²) in [5.41, 5.74) is 3.16. The lowest BCUT2D eigenvalue weighted by Gasteiger charge is -2.15. The highest BCUT2D eigenvalue weighted by atomic mass is 28.3. The first-order valence-electron chi connectivity index (χ1n) is 9.85. The predicted octanol–water partition coefficient (Wildman–Crippen LogP) is 4.66. The minimum Gasteiger partial charge on any atom is -0.490 e. The van der Waals surface area contributed by atoms with Crippen molar-refractivity contribution < 1.29 is 23.8 Å². The molecular weight excluding hydrogens is 391 g/mol. The van der Waals surface area contributed by atoms with Gasteiger partial charge in [0.15, 0.2) is 11.6 Å². The van der Waals surface area contributed by atoms with Gasteiger partial charge in [-0.3, -0.25) is 0 Å². The molecule has 1 N–H and O–H groups in total. The Bertz CT molecular complexity index is 846. The number of ether oxygens (including phenoxy) is 2. The maximum atomic E-state index is 13.8. The second-order valence-electron chi connectivity index (χ2n) is 8.40. The van der Waals surface area contributed by atoms with E-state index in [0.29, 0.717) is 13.2 Å². The van der Waals surface area contributed by atoms with Crippen LogP contribution in [0.4, 0.5) is 4.39 Å². The van der Waals surface area contributed by atoms with Crippen LogP contribution in [0.1, 0.15) is 33.7 Å². The van der Waals surface area contributed by atoms with E-state index in [-0.39, 0.29) is 17.9 Å². The molecule has 0 unspecified atom stereocenters. The molecule has 1 aromatic heterocycles. The Morgan fingerprint density at radius 2 is 1.97 bits per heavy atom. The third-order valence-corrected chi connectivity index (χ3v) is 6.45. The normalized spacial score (nSPS) is 11.7. The Kier molecular flexibility index (Phi) is 7.98. The van der Waals surface area contributed by atoms with Gasteiger partial charge < -0.3 is 14.6 Å². The van der Waals surface area contributed by atoms with Gasteiger partial charge in [-0.25, -0.2) is 13.9 Å². The van der Waals surface area contributed by atoms with Crippen LogP contribution in [-0.4, -0.2) is 42.1 Å². The molecule has 0 amide bonds. The van der Waals surface area contributed by atoms with Gasteiger partial charge in [-0.1, -0.05) is 19.6 Å². The average Bonchev–Trinajstić information content (AvgIpc) is 2.89. The lowest BCUT2D eigenvalue weighted by Crippen LogP contribution is -2.22. The Morgan fingerprint density at radius 1 is 1.24 bits per heavy atom. The first-order chi connectivity index (χ1) is 13.6. The van der Waals surface area contributed by atoms with E-state index in [1.54, 1.807) is 0 Å². The molecule has 2 rings (SSSR count). The number of aromatic carboxylic acids is 1. The van der Waals surface area contributed by atoms with Gasteiger partial charge in [-0.05, 0) is 56.5 Å². The van der Waals surface area contributed by atoms with Crippen LogP contribution >= 0.6 is 0 Å². The Hall–Kier alpha value is -2.19. The van der Waals surface area contributed by atoms with Crippen molar-refractivity contribution in [3.8, 4) is 5.75 Å². The smallest absolute Gasteiger partial charge is 0.335 e. The van der Waals surface area contributed by atoms with Gasteiger partial charge in [0.25, 0.3) is 0 Å². The molecular formula is C21H31FN2O4Si. The van der Waals surface area contributed by atoms with Gasteiger partial charge in [-0.2, -0.15) is 5.10 Å². The SMILES string of the molecule is Cc1nn(COCC[Si](C)(C)C)c(C)c1CCCOc1cc(C(=O)O)ccc1F. The molecule has 160 valence electrons. The van der Waals surface area contributed by atoms with Crippen molar-refractivity contribution in [1.29, 1.82) is 0 Å². The van der Waals surface area contributed by atoms with Crippen molar-refractivity contribution >= 4 is 14.0 Å². The minimum atomic E-state index is -1.11. The van der Waals surface area contributed by atoms with Gasteiger partial charge in [0.2, 0.25) is 0 Å². The molecule has 0 saturated carbocycles. The fourth-order valence-corrected chi connectivity index (χ4v) is 3.69. The van der Waals surface area contributed by atoms with E-state index in [0.717, 1.165) is 42.1 Å². The summed E-state index contributed by atoms with van der Waals surface area (Å²) in [6.07, 6.45) is 1.41. The zero-order chi connectivity index (χ0) is 21.6. The van der Waals surface area contributed by atoms with Crippen molar-refractivity contribution in [3.63, 3.8) is 0 Å². The summed E-state index contributed by atoms with van der Waals surface area (Å²) < 4.78 is 26.9. The number of aromatic nitrogens is 2. The van der Waals surface area contributed by atoms with Gasteiger partial charge in [-0.15, -0.1) is 0 Å². The molecule has 0 bridgehead atoms. The molecule has 0 radical (unpaired) electrons. The fourth-order valence-electron chi connectivity index (χ4n) is 2.93. The van der Waals surface area contributed by atoms with Crippen molar-refractivity contribution in [2.45, 2.75) is 59.1 Å². The number of halogens is 1. The lowest BCUT2D eigenvalue weighted by atomic mass is 10.1. The van der Waals surface area contributed by atoms with Crippen LogP contribution in [0.15, 0.2) is 18.2 Å². The highest BCUT2D eigenvalue weighted by Gasteiger charge is 2.14. The number of rotatable bonds is 11. The van der Waals surface area contributed by atoms with Crippen LogP contribution < -0.4 is 4.74 Å². The van der Waals surface area contributed by atoms with Crippen LogP contribution in [0.5, 0.6) is 5.75 Å². The summed E-state index contributed by atoms with van der Waals surface area (Å²) in [7, 11) is -1.11. The number of carboxylic acid groups (broad SMARTS) is 1. The van der Waals surface area contributed by atoms with Gasteiger partial charge >= 0.3 is 5.97 Å². The molecule has 2 aromatic rings. The predicted molar refractivity (Wildman–Crippen MR) is 113 cm³/mol. The van der Waals surface area contributed by atoms with Gasteiger partial charge in [0, 0.05) is 20.4 Å². The molecule has 29 heavy (non-hydrogen) atoms. The quantitative estimate of drug-likeness (QED) is 0.421. The summed E-state index contributed by atoms with van der Waals surface area (Å²) in [4.78, 5) is 11.0. The molecule has 0 aliphatic heterocycles. The number of carbonyl (C=O) groups is 1. The zero-order valence-electron chi connectivity index (χ0n) is 17.9. The highest BCUT2D eigenvalue weighted by molar-refractivity contribution is 6.76. The van der Waals surface area contributed by atoms with E-state index >= 15 is 0 Å². The standard InChI is InChI=1S/C21H31FN2O4Si/c1-15-18(16(2)24(23-15)14-27-11-12-29(3,4)5)7-6-10-28-20-13-17(21(25)26)8-9-19(20)22/h8-9,13H,6-7,10-12,14H2,1-5H3,(H,25,26). The van der Waals surface area contributed by atoms with E-state index in [1.165, 1.54) is 12.1 Å². The summed E-state index contributed by atoms with van der Waals surface area (Å²) in [5, 5.41) is 13.6. The summed E-state index contributed by atoms with van der Waals surface area (Å²) in [6.45, 7) is 12.4. The number of benzene rings is 1. The Balaban J connectivity index is 1.86. The molecule has 0 atom stereocenters. The summed E-state index contributed by atoms with van der Waals surface area (Å²) >= 11 is 0. The van der Waals surface area contributed by atoms with Crippen molar-refractivity contribution in [2.24, 2.45) is 0 Å². The maximum absolute atomic E-state index is 13.8. The second-order valence-corrected chi connectivity index (χ2v) is 14.0. The van der Waals surface area contributed by atoms with Crippen LogP contribution in [0, 0.1) is 19.7 Å². The van der Waals surface area contributed by atoms with Crippen molar-refractivity contribution in [2.75, 3.05) is 13.2 Å². The van der Waals surface area contributed by atoms with Crippen molar-refractivity contribution in [1.82, 2.24) is 9.78 Å². The largest absolute Gasteiger partial charge is 0.490 e. The monoisotopic (exact) mass is 422 g/mol. The van der Waals surface area contributed by atoms with E-state index < -0.39 is 19.9 Å². The summed E-state index contributed by atoms with van der Waals surface area (Å²) in [5.74, 6) is -1.71. The first-order valence-corrected chi connectivity index (χ1v) is 13.6. The van der Waals surface area contributed by atoms with Crippen molar-refractivity contribution in [3.05, 3.63) is 46.5 Å². The third kappa shape index (κ3) is 6.97. The molecule has 0 aliphatic rings. The van der Waals surface area contributed by atoms with Gasteiger partial charge in [0.1, 0.15) is 6.73 Å². The van der Waals surface area contributed by atoms with E-state index in [4.69, 9.17) is 14.6 Å². The van der Waals surface area contributed by atoms with E-state index in [2.05, 4.69) is 24.7 Å². The molecule has 0 fully saturated rings. The maximum Gasteiger partial charge on any atom is 0.335 e. The fraction of sp³-hybridized carbons (Fsp3) is 0.524. The topological polar surface area (TPSA) is 73.6 Å². The van der Waals surface area contributed by atoms with Crippen LogP contribution in [0.25, 0.3) is 0 Å². The molecule has 0 aliphatic carbocycles. The van der Waals surface area contributed by atoms with Gasteiger partial charge in [0.05, 0.1) is 17.9 Å². The van der Waals surface area contributed by atoms with E-state index in [1.807, 2.05) is 18.5 Å². The molecule has 1 aromatic carbocycles. The first kappa shape index (κ1) is 23.1. The zero-order valence-corrected chi connectivity index (χ0v) is 18.9. The second kappa shape index (κ2) is 10.0. The van der Waals surface area contributed by atoms with Crippen LogP contribution in [-0.2, 0) is 17.9 Å². The Morgan fingerprint density at radius 3 is 2.62 bits per heavy atom. The van der Waals surface area contributed by atoms with E-state index in [9.17, 15) is 9.18 Å². The molecule has 0 spiro atoms. The molecule has 1 heterocycles. The third-order valence-electron chi connectivity index (χ3n) is 4.75.